The zero-order chi connectivity index (χ0) is 28.0. The molecule has 10 nitrogen and oxygen atoms in total. The van der Waals surface area contributed by atoms with E-state index >= 15 is 0 Å². The van der Waals surface area contributed by atoms with Gasteiger partial charge in [0.15, 0.2) is 0 Å². The number of urea groups is 1. The number of pyridine rings is 1. The van der Waals surface area contributed by atoms with Crippen LogP contribution in [0.2, 0.25) is 0 Å². The largest absolute Gasteiger partial charge is 0.501 e. The first-order valence-corrected chi connectivity index (χ1v) is 13.1. The van der Waals surface area contributed by atoms with Gasteiger partial charge in [0.2, 0.25) is 0 Å². The summed E-state index contributed by atoms with van der Waals surface area (Å²) >= 11 is 0. The molecule has 2 N–H and O–H groups in total. The molecule has 2 aromatic carbocycles. The van der Waals surface area contributed by atoms with Crippen LogP contribution in [0.4, 0.5) is 29.5 Å². The number of halogens is 3. The standard InChI is InChI=1S/C25H20F3N5O5S/c26-25(27,28)39(37,38)19-8-6-18(7-9-19)33-22(35)24(11-12-24)32(23(33)36)15-16-10-13-29-20(14-16)30-31-21(34)17-4-2-1-3-5-17/h1-10,13-14H,11-12,15H2,(H,29,30)(H,31,34). The van der Waals surface area contributed by atoms with Crippen molar-refractivity contribution in [1.29, 1.82) is 0 Å². The van der Waals surface area contributed by atoms with E-state index in [9.17, 15) is 36.0 Å². The Kier molecular flexibility index (Phi) is 6.29. The maximum absolute atomic E-state index is 13.3. The first kappa shape index (κ1) is 26.2. The lowest BCUT2D eigenvalue weighted by Gasteiger charge is -2.21. The summed E-state index contributed by atoms with van der Waals surface area (Å²) < 4.78 is 61.9. The average Bonchev–Trinajstić information content (AvgIpc) is 3.69. The van der Waals surface area contributed by atoms with Gasteiger partial charge in [-0.2, -0.15) is 13.2 Å². The van der Waals surface area contributed by atoms with Gasteiger partial charge in [-0.15, -0.1) is 0 Å². The number of amides is 4. The number of carbonyl (C=O) groups is 3. The van der Waals surface area contributed by atoms with Gasteiger partial charge in [0.05, 0.1) is 10.6 Å². The quantitative estimate of drug-likeness (QED) is 0.334. The maximum atomic E-state index is 13.3. The first-order chi connectivity index (χ1) is 18.4. The van der Waals surface area contributed by atoms with Crippen LogP contribution in [0.3, 0.4) is 0 Å². The van der Waals surface area contributed by atoms with Crippen LogP contribution in [0.1, 0.15) is 28.8 Å². The fourth-order valence-corrected chi connectivity index (χ4v) is 5.04. The Balaban J connectivity index is 1.32. The zero-order valence-corrected chi connectivity index (χ0v) is 20.8. The van der Waals surface area contributed by atoms with E-state index in [1.807, 2.05) is 0 Å². The fourth-order valence-electron chi connectivity index (χ4n) is 4.28. The molecule has 5 rings (SSSR count). The fraction of sp³-hybridized carbons (Fsp3) is 0.200. The summed E-state index contributed by atoms with van der Waals surface area (Å²) in [6.07, 6.45) is 2.27. The van der Waals surface area contributed by atoms with Crippen LogP contribution in [0.15, 0.2) is 77.8 Å². The van der Waals surface area contributed by atoms with Crippen molar-refractivity contribution in [3.05, 3.63) is 84.1 Å². The molecule has 202 valence electrons. The predicted octanol–water partition coefficient (Wildman–Crippen LogP) is 3.63. The van der Waals surface area contributed by atoms with Crippen molar-refractivity contribution >= 4 is 39.2 Å². The Morgan fingerprint density at radius 3 is 2.28 bits per heavy atom. The van der Waals surface area contributed by atoms with Crippen molar-refractivity contribution in [3.63, 3.8) is 0 Å². The van der Waals surface area contributed by atoms with Gasteiger partial charge in [0.1, 0.15) is 11.4 Å². The number of imide groups is 1. The molecule has 3 aromatic rings. The van der Waals surface area contributed by atoms with Gasteiger partial charge in [0, 0.05) is 18.3 Å². The van der Waals surface area contributed by atoms with Crippen molar-refractivity contribution < 1.29 is 36.0 Å². The molecule has 2 fully saturated rings. The highest BCUT2D eigenvalue weighted by molar-refractivity contribution is 7.92. The molecule has 14 heteroatoms. The molecule has 0 unspecified atom stereocenters. The summed E-state index contributed by atoms with van der Waals surface area (Å²) in [6.45, 7) is 0.0193. The highest BCUT2D eigenvalue weighted by Gasteiger charge is 2.65. The van der Waals surface area contributed by atoms with Gasteiger partial charge < -0.3 is 4.90 Å². The van der Waals surface area contributed by atoms with Gasteiger partial charge in [-0.1, -0.05) is 18.2 Å². The number of benzene rings is 2. The van der Waals surface area contributed by atoms with E-state index < -0.39 is 37.7 Å². The van der Waals surface area contributed by atoms with Crippen molar-refractivity contribution in [3.8, 4) is 0 Å². The molecule has 1 saturated carbocycles. The Labute approximate surface area is 220 Å². The third-order valence-corrected chi connectivity index (χ3v) is 7.98. The predicted molar refractivity (Wildman–Crippen MR) is 132 cm³/mol. The number of sulfone groups is 1. The van der Waals surface area contributed by atoms with E-state index in [0.717, 1.165) is 17.0 Å². The number of nitrogens with one attached hydrogen (secondary N) is 2. The van der Waals surface area contributed by atoms with Gasteiger partial charge in [-0.3, -0.25) is 20.4 Å². The maximum Gasteiger partial charge on any atom is 0.501 e. The number of hydrogen-bond acceptors (Lipinski definition) is 7. The van der Waals surface area contributed by atoms with E-state index in [0.29, 0.717) is 36.1 Å². The summed E-state index contributed by atoms with van der Waals surface area (Å²) in [4.78, 5) is 44.2. The minimum absolute atomic E-state index is 0.0193. The number of aromatic nitrogens is 1. The van der Waals surface area contributed by atoms with Gasteiger partial charge in [0.25, 0.3) is 21.7 Å². The summed E-state index contributed by atoms with van der Waals surface area (Å²) in [7, 11) is -5.57. The van der Waals surface area contributed by atoms with Crippen LogP contribution < -0.4 is 15.8 Å². The molecule has 0 bridgehead atoms. The molecule has 0 radical (unpaired) electrons. The van der Waals surface area contributed by atoms with Crippen molar-refractivity contribution in [1.82, 2.24) is 15.3 Å². The summed E-state index contributed by atoms with van der Waals surface area (Å²) in [5.41, 5.74) is -0.349. The number of hydrogen-bond donors (Lipinski definition) is 2. The second kappa shape index (κ2) is 9.38. The Morgan fingerprint density at radius 1 is 1.00 bits per heavy atom. The molecular weight excluding hydrogens is 539 g/mol. The molecule has 1 aliphatic carbocycles. The SMILES string of the molecule is O=C(NNc1cc(CN2C(=O)N(c3ccc(S(=O)(=O)C(F)(F)F)cc3)C(=O)C23CC3)ccn1)c1ccccc1. The first-order valence-electron chi connectivity index (χ1n) is 11.6. The Hall–Kier alpha value is -4.46. The van der Waals surface area contributed by atoms with Gasteiger partial charge >= 0.3 is 11.5 Å². The van der Waals surface area contributed by atoms with Crippen molar-refractivity contribution in [2.45, 2.75) is 35.3 Å². The summed E-state index contributed by atoms with van der Waals surface area (Å²) in [5.74, 6) is -0.635. The summed E-state index contributed by atoms with van der Waals surface area (Å²) in [6, 6.07) is 14.5. The van der Waals surface area contributed by atoms with E-state index in [4.69, 9.17) is 0 Å². The lowest BCUT2D eigenvalue weighted by Crippen LogP contribution is -2.36. The molecular formula is C25H20F3N5O5S. The molecule has 1 aromatic heterocycles. The van der Waals surface area contributed by atoms with Crippen LogP contribution >= 0.6 is 0 Å². The monoisotopic (exact) mass is 559 g/mol. The molecule has 39 heavy (non-hydrogen) atoms. The third kappa shape index (κ3) is 4.67. The number of alkyl halides is 3. The van der Waals surface area contributed by atoms with Crippen LogP contribution in [0.25, 0.3) is 0 Å². The molecule has 1 aliphatic heterocycles. The molecule has 1 saturated heterocycles. The highest BCUT2D eigenvalue weighted by Crippen LogP contribution is 2.49. The molecule has 1 spiro atoms. The Morgan fingerprint density at radius 2 is 1.67 bits per heavy atom. The van der Waals surface area contributed by atoms with Crippen molar-refractivity contribution in [2.24, 2.45) is 0 Å². The van der Waals surface area contributed by atoms with Crippen molar-refractivity contribution in [2.75, 3.05) is 10.3 Å². The minimum atomic E-state index is -5.57. The van der Waals surface area contributed by atoms with Crippen LogP contribution in [-0.2, 0) is 21.2 Å². The van der Waals surface area contributed by atoms with E-state index in [1.54, 1.807) is 42.5 Å². The topological polar surface area (TPSA) is 129 Å². The van der Waals surface area contributed by atoms with E-state index in [1.165, 1.54) is 11.1 Å². The average molecular weight is 560 g/mol. The number of anilines is 2. The van der Waals surface area contributed by atoms with Crippen LogP contribution in [0.5, 0.6) is 0 Å². The number of hydrazine groups is 1. The van der Waals surface area contributed by atoms with E-state index in [-0.39, 0.29) is 24.0 Å². The van der Waals surface area contributed by atoms with Gasteiger partial charge in [-0.05, 0) is 66.9 Å². The summed E-state index contributed by atoms with van der Waals surface area (Å²) in [5, 5.41) is 0. The second-order valence-corrected chi connectivity index (χ2v) is 10.9. The molecule has 4 amide bonds. The molecule has 2 aliphatic rings. The zero-order valence-electron chi connectivity index (χ0n) is 20.0. The van der Waals surface area contributed by atoms with Crippen LogP contribution in [-0.4, -0.2) is 47.2 Å². The number of nitrogens with zero attached hydrogens (tertiary/aromatic N) is 3. The van der Waals surface area contributed by atoms with E-state index in [2.05, 4.69) is 15.8 Å². The smallest absolute Gasteiger partial charge is 0.305 e. The number of rotatable bonds is 7. The lowest BCUT2D eigenvalue weighted by atomic mass is 10.2. The third-order valence-electron chi connectivity index (χ3n) is 6.48. The van der Waals surface area contributed by atoms with Gasteiger partial charge in [-0.25, -0.2) is 23.1 Å². The normalized spacial score (nSPS) is 16.5. The molecule has 0 atom stereocenters. The van der Waals surface area contributed by atoms with Crippen LogP contribution in [0, 0.1) is 0 Å². The highest BCUT2D eigenvalue weighted by atomic mass is 32.2. The number of carbonyl (C=O) groups excluding carboxylic acids is 3. The lowest BCUT2D eigenvalue weighted by molar-refractivity contribution is -0.120. The molecule has 2 heterocycles. The second-order valence-electron chi connectivity index (χ2n) is 8.98. The Bertz CT molecular complexity index is 1560. The minimum Gasteiger partial charge on any atom is -0.305 e.